The van der Waals surface area contributed by atoms with E-state index in [-0.39, 0.29) is 0 Å². The lowest BCUT2D eigenvalue weighted by atomic mass is 10.6. The molecule has 3 N–H and O–H groups in total. The van der Waals surface area contributed by atoms with Crippen LogP contribution < -0.4 is 11.3 Å². The molecule has 0 spiro atoms. The van der Waals surface area contributed by atoms with Crippen molar-refractivity contribution in [2.75, 3.05) is 11.7 Å². The molecule has 0 bridgehead atoms. The van der Waals surface area contributed by atoms with E-state index in [4.69, 9.17) is 5.84 Å². The highest BCUT2D eigenvalue weighted by atomic mass is 32.2. The van der Waals surface area contributed by atoms with Gasteiger partial charge in [-0.1, -0.05) is 23.1 Å². The van der Waals surface area contributed by atoms with Gasteiger partial charge in [0.2, 0.25) is 0 Å². The zero-order chi connectivity index (χ0) is 13.2. The topological polar surface area (TPSA) is 94.0 Å². The van der Waals surface area contributed by atoms with Gasteiger partial charge >= 0.3 is 0 Å². The summed E-state index contributed by atoms with van der Waals surface area (Å²) in [6.07, 6.45) is 7.31. The molecule has 3 aromatic heterocycles. The van der Waals surface area contributed by atoms with E-state index in [1.165, 1.54) is 23.1 Å². The molecular weight excluding hydrogens is 302 g/mol. The number of nitrogens with one attached hydrogen (secondary N) is 1. The predicted molar refractivity (Wildman–Crippen MR) is 76.6 cm³/mol. The number of nitrogen functional groups attached to an aromatic ring is 1. The minimum absolute atomic E-state index is 0.572. The number of hydrogen-bond donors (Lipinski definition) is 2. The van der Waals surface area contributed by atoms with Gasteiger partial charge in [0.15, 0.2) is 20.1 Å². The molecule has 0 aliphatic carbocycles. The van der Waals surface area contributed by atoms with Crippen molar-refractivity contribution >= 4 is 46.3 Å². The quantitative estimate of drug-likeness (QED) is 0.427. The summed E-state index contributed by atoms with van der Waals surface area (Å²) in [5, 5.41) is 8.91. The number of aromatic nitrogens is 5. The highest BCUT2D eigenvalue weighted by molar-refractivity contribution is 8.03. The lowest BCUT2D eigenvalue weighted by Gasteiger charge is -2.04. The van der Waals surface area contributed by atoms with Crippen LogP contribution in [0.4, 0.5) is 5.82 Å². The Hall–Kier alpha value is -1.36. The standard InChI is InChI=1S/C9H9N7S3/c1-17-8-14-15-9(19-8)18-7-6-11-2-3-16(6)4-5(12-7)13-10/h2-4,13H,10H2,1H3. The van der Waals surface area contributed by atoms with Gasteiger partial charge < -0.3 is 9.83 Å². The Balaban J connectivity index is 2.01. The number of nitrogens with zero attached hydrogens (tertiary/aromatic N) is 5. The number of hydrogen-bond acceptors (Lipinski definition) is 9. The minimum Gasteiger partial charge on any atom is -0.307 e. The van der Waals surface area contributed by atoms with Gasteiger partial charge in [0.05, 0.1) is 6.20 Å². The average molecular weight is 311 g/mol. The Bertz CT molecular complexity index is 707. The number of rotatable bonds is 4. The molecule has 0 aliphatic rings. The van der Waals surface area contributed by atoms with Crippen molar-refractivity contribution in [3.63, 3.8) is 0 Å². The second-order valence-electron chi connectivity index (χ2n) is 3.37. The van der Waals surface area contributed by atoms with Crippen LogP contribution in [-0.2, 0) is 0 Å². The summed E-state index contributed by atoms with van der Waals surface area (Å²) in [4.78, 5) is 8.68. The monoisotopic (exact) mass is 311 g/mol. The molecule has 0 radical (unpaired) electrons. The molecule has 0 aliphatic heterocycles. The Morgan fingerprint density at radius 3 is 2.95 bits per heavy atom. The zero-order valence-electron chi connectivity index (χ0n) is 9.77. The second kappa shape index (κ2) is 5.33. The maximum Gasteiger partial charge on any atom is 0.181 e. The Morgan fingerprint density at radius 2 is 2.21 bits per heavy atom. The van der Waals surface area contributed by atoms with Crippen molar-refractivity contribution in [2.24, 2.45) is 5.84 Å². The Morgan fingerprint density at radius 1 is 1.37 bits per heavy atom. The smallest absolute Gasteiger partial charge is 0.181 e. The molecule has 0 atom stereocenters. The van der Waals surface area contributed by atoms with Crippen molar-refractivity contribution in [3.8, 4) is 0 Å². The van der Waals surface area contributed by atoms with E-state index >= 15 is 0 Å². The molecule has 0 saturated heterocycles. The number of thioether (sulfide) groups is 1. The third kappa shape index (κ3) is 2.52. The van der Waals surface area contributed by atoms with Gasteiger partial charge in [-0.05, 0) is 18.0 Å². The molecule has 7 nitrogen and oxygen atoms in total. The Labute approximate surface area is 121 Å². The zero-order valence-corrected chi connectivity index (χ0v) is 12.2. The highest BCUT2D eigenvalue weighted by Crippen LogP contribution is 2.33. The lowest BCUT2D eigenvalue weighted by molar-refractivity contribution is 0.951. The van der Waals surface area contributed by atoms with Crippen LogP contribution in [0.3, 0.4) is 0 Å². The third-order valence-electron chi connectivity index (χ3n) is 2.24. The summed E-state index contributed by atoms with van der Waals surface area (Å²) in [5.74, 6) is 5.99. The van der Waals surface area contributed by atoms with Crippen LogP contribution in [0.1, 0.15) is 0 Å². The largest absolute Gasteiger partial charge is 0.307 e. The van der Waals surface area contributed by atoms with Crippen molar-refractivity contribution in [3.05, 3.63) is 18.6 Å². The normalized spacial score (nSPS) is 11.1. The van der Waals surface area contributed by atoms with Crippen LogP contribution in [0.5, 0.6) is 0 Å². The summed E-state index contributed by atoms with van der Waals surface area (Å²) in [7, 11) is 0. The van der Waals surface area contributed by atoms with Crippen molar-refractivity contribution < 1.29 is 0 Å². The van der Waals surface area contributed by atoms with Gasteiger partial charge in [-0.15, -0.1) is 10.2 Å². The van der Waals surface area contributed by atoms with E-state index in [1.54, 1.807) is 24.2 Å². The summed E-state index contributed by atoms with van der Waals surface area (Å²) >= 11 is 4.53. The van der Waals surface area contributed by atoms with Crippen molar-refractivity contribution in [2.45, 2.75) is 13.7 Å². The molecule has 98 valence electrons. The van der Waals surface area contributed by atoms with Crippen LogP contribution in [0, 0.1) is 0 Å². The first-order valence-electron chi connectivity index (χ1n) is 5.16. The van der Waals surface area contributed by atoms with Crippen LogP contribution in [0.15, 0.2) is 32.3 Å². The summed E-state index contributed by atoms with van der Waals surface area (Å²) in [6.45, 7) is 0. The molecule has 0 unspecified atom stereocenters. The second-order valence-corrected chi connectivity index (χ2v) is 6.64. The SMILES string of the molecule is CSc1nnc(Sc2nc(NN)cn3ccnc23)s1. The van der Waals surface area contributed by atoms with E-state index in [0.29, 0.717) is 5.82 Å². The highest BCUT2D eigenvalue weighted by Gasteiger charge is 2.12. The van der Waals surface area contributed by atoms with E-state index < -0.39 is 0 Å². The van der Waals surface area contributed by atoms with Gasteiger partial charge in [-0.2, -0.15) is 0 Å². The summed E-state index contributed by atoms with van der Waals surface area (Å²) in [6, 6.07) is 0. The molecule has 0 saturated carbocycles. The lowest BCUT2D eigenvalue weighted by Crippen LogP contribution is -2.10. The fourth-order valence-corrected chi connectivity index (χ4v) is 3.89. The number of imidazole rings is 1. The number of hydrazine groups is 1. The van der Waals surface area contributed by atoms with E-state index in [1.807, 2.05) is 16.9 Å². The predicted octanol–water partition coefficient (Wildman–Crippen LogP) is 1.74. The molecule has 3 heterocycles. The van der Waals surface area contributed by atoms with Gasteiger partial charge in [-0.3, -0.25) is 0 Å². The van der Waals surface area contributed by atoms with Gasteiger partial charge in [0.1, 0.15) is 5.03 Å². The molecule has 0 aromatic carbocycles. The molecular formula is C9H9N7S3. The fourth-order valence-electron chi connectivity index (χ4n) is 1.44. The van der Waals surface area contributed by atoms with Crippen molar-refractivity contribution in [1.82, 2.24) is 24.6 Å². The van der Waals surface area contributed by atoms with Gasteiger partial charge in [0, 0.05) is 12.4 Å². The maximum absolute atomic E-state index is 5.41. The van der Waals surface area contributed by atoms with Crippen LogP contribution >= 0.6 is 34.9 Å². The Kier molecular flexibility index (Phi) is 3.55. The van der Waals surface area contributed by atoms with E-state index in [0.717, 1.165) is 19.4 Å². The van der Waals surface area contributed by atoms with E-state index in [2.05, 4.69) is 25.6 Å². The van der Waals surface area contributed by atoms with Crippen molar-refractivity contribution in [1.29, 1.82) is 0 Å². The average Bonchev–Trinajstić information content (AvgIpc) is 3.06. The van der Waals surface area contributed by atoms with Crippen LogP contribution in [0.25, 0.3) is 5.65 Å². The number of fused-ring (bicyclic) bond motifs is 1. The molecule has 0 fully saturated rings. The van der Waals surface area contributed by atoms with Crippen LogP contribution in [0.2, 0.25) is 0 Å². The fraction of sp³-hybridized carbons (Fsp3) is 0.111. The third-order valence-corrected chi connectivity index (χ3v) is 5.15. The van der Waals surface area contributed by atoms with Gasteiger partial charge in [-0.25, -0.2) is 15.8 Å². The molecule has 0 amide bonds. The van der Waals surface area contributed by atoms with Gasteiger partial charge in [0.25, 0.3) is 0 Å². The molecule has 3 rings (SSSR count). The van der Waals surface area contributed by atoms with Crippen LogP contribution in [-0.4, -0.2) is 30.8 Å². The first-order valence-corrected chi connectivity index (χ1v) is 8.01. The summed E-state index contributed by atoms with van der Waals surface area (Å²) in [5.41, 5.74) is 3.31. The molecule has 10 heteroatoms. The minimum atomic E-state index is 0.572. The number of anilines is 1. The first-order chi connectivity index (χ1) is 9.30. The molecule has 19 heavy (non-hydrogen) atoms. The maximum atomic E-state index is 5.41. The summed E-state index contributed by atoms with van der Waals surface area (Å²) < 4.78 is 3.62. The molecule has 3 aromatic rings. The number of nitrogens with two attached hydrogens (primary N) is 1. The first kappa shape index (κ1) is 12.7. The van der Waals surface area contributed by atoms with E-state index in [9.17, 15) is 0 Å².